The van der Waals surface area contributed by atoms with Crippen molar-refractivity contribution in [3.8, 4) is 22.8 Å². The predicted molar refractivity (Wildman–Crippen MR) is 108 cm³/mol. The monoisotopic (exact) mass is 393 g/mol. The summed E-state index contributed by atoms with van der Waals surface area (Å²) in [7, 11) is 0. The van der Waals surface area contributed by atoms with Crippen LogP contribution in [-0.4, -0.2) is 34.8 Å². The van der Waals surface area contributed by atoms with E-state index in [2.05, 4.69) is 27.0 Å². The first-order valence-corrected chi connectivity index (χ1v) is 9.81. The number of pyridine rings is 2. The Morgan fingerprint density at radius 2 is 1.96 bits per heavy atom. The second-order valence-corrected chi connectivity index (χ2v) is 7.64. The van der Waals surface area contributed by atoms with Crippen LogP contribution in [0.1, 0.15) is 23.5 Å². The van der Waals surface area contributed by atoms with Crippen LogP contribution in [0, 0.1) is 0 Å². The van der Waals surface area contributed by atoms with Gasteiger partial charge in [-0.15, -0.1) is 0 Å². The second kappa shape index (κ2) is 7.41. The van der Waals surface area contributed by atoms with Crippen molar-refractivity contribution in [1.29, 1.82) is 0 Å². The molecule has 142 valence electrons. The summed E-state index contributed by atoms with van der Waals surface area (Å²) in [5, 5.41) is 0.538. The molecule has 0 radical (unpaired) electrons. The zero-order valence-corrected chi connectivity index (χ0v) is 16.1. The molecule has 2 aliphatic rings. The molecule has 1 fully saturated rings. The van der Waals surface area contributed by atoms with Gasteiger partial charge < -0.3 is 9.47 Å². The number of nitrogens with zero attached hydrogens (tertiary/aromatic N) is 3. The highest BCUT2D eigenvalue weighted by atomic mass is 35.5. The van der Waals surface area contributed by atoms with Gasteiger partial charge in [0.2, 0.25) is 6.79 Å². The molecular formula is C22H20ClN3O2. The van der Waals surface area contributed by atoms with Crippen LogP contribution in [0.2, 0.25) is 5.15 Å². The van der Waals surface area contributed by atoms with E-state index in [4.69, 9.17) is 21.1 Å². The maximum Gasteiger partial charge on any atom is 0.231 e. The maximum absolute atomic E-state index is 5.88. The molecule has 5 rings (SSSR count). The van der Waals surface area contributed by atoms with Crippen molar-refractivity contribution in [2.24, 2.45) is 0 Å². The molecular weight excluding hydrogens is 374 g/mol. The molecule has 0 saturated carbocycles. The largest absolute Gasteiger partial charge is 0.454 e. The summed E-state index contributed by atoms with van der Waals surface area (Å²) >= 11 is 5.88. The van der Waals surface area contributed by atoms with Gasteiger partial charge in [0.1, 0.15) is 5.15 Å². The van der Waals surface area contributed by atoms with E-state index >= 15 is 0 Å². The van der Waals surface area contributed by atoms with Crippen LogP contribution in [0.4, 0.5) is 0 Å². The van der Waals surface area contributed by atoms with Crippen molar-refractivity contribution in [3.05, 3.63) is 71.1 Å². The van der Waals surface area contributed by atoms with Gasteiger partial charge in [-0.2, -0.15) is 0 Å². The highest BCUT2D eigenvalue weighted by Crippen LogP contribution is 2.36. The van der Waals surface area contributed by atoms with Crippen molar-refractivity contribution >= 4 is 11.6 Å². The van der Waals surface area contributed by atoms with E-state index in [1.165, 1.54) is 11.1 Å². The van der Waals surface area contributed by atoms with E-state index in [-0.39, 0.29) is 6.79 Å². The summed E-state index contributed by atoms with van der Waals surface area (Å²) in [6, 6.07) is 14.2. The highest BCUT2D eigenvalue weighted by Gasteiger charge is 2.24. The topological polar surface area (TPSA) is 47.5 Å². The summed E-state index contributed by atoms with van der Waals surface area (Å²) in [5.74, 6) is 2.09. The summed E-state index contributed by atoms with van der Waals surface area (Å²) in [6.45, 7) is 3.30. The predicted octanol–water partition coefficient (Wildman–Crippen LogP) is 4.52. The minimum Gasteiger partial charge on any atom is -0.454 e. The quantitative estimate of drug-likeness (QED) is 0.610. The lowest BCUT2D eigenvalue weighted by Crippen LogP contribution is -2.19. The number of benzene rings is 1. The Bertz CT molecular complexity index is 993. The van der Waals surface area contributed by atoms with E-state index in [1.54, 1.807) is 0 Å². The fourth-order valence-corrected chi connectivity index (χ4v) is 4.03. The number of likely N-dealkylation sites (tertiary alicyclic amines) is 1. The number of aromatic nitrogens is 2. The van der Waals surface area contributed by atoms with Crippen molar-refractivity contribution in [3.63, 3.8) is 0 Å². The van der Waals surface area contributed by atoms with Crippen LogP contribution in [0.25, 0.3) is 11.3 Å². The zero-order valence-electron chi connectivity index (χ0n) is 15.3. The lowest BCUT2D eigenvalue weighted by Gasteiger charge is -2.16. The smallest absolute Gasteiger partial charge is 0.231 e. The zero-order chi connectivity index (χ0) is 18.9. The molecule has 5 nitrogen and oxygen atoms in total. The molecule has 6 heteroatoms. The molecule has 1 saturated heterocycles. The Hall–Kier alpha value is -2.63. The average molecular weight is 394 g/mol. The van der Waals surface area contributed by atoms with Gasteiger partial charge in [-0.05, 0) is 66.4 Å². The standard InChI is InChI=1S/C22H20ClN3O2/c23-22-4-1-15(11-25-22)12-26-8-6-18(13-26)16-5-7-24-19(9-16)17-2-3-20-21(10-17)28-14-27-20/h1-5,7,9-11,18H,6,8,12-14H2. The summed E-state index contributed by atoms with van der Waals surface area (Å²) in [4.78, 5) is 11.2. The fraction of sp³-hybridized carbons (Fsp3) is 0.273. The lowest BCUT2D eigenvalue weighted by molar-refractivity contribution is 0.174. The van der Waals surface area contributed by atoms with E-state index in [0.717, 1.165) is 48.8 Å². The summed E-state index contributed by atoms with van der Waals surface area (Å²) in [5.41, 5.74) is 4.55. The number of ether oxygens (including phenoxy) is 2. The Morgan fingerprint density at radius 3 is 2.86 bits per heavy atom. The molecule has 4 heterocycles. The van der Waals surface area contributed by atoms with Gasteiger partial charge in [0, 0.05) is 31.0 Å². The maximum atomic E-state index is 5.88. The van der Waals surface area contributed by atoms with Crippen LogP contribution < -0.4 is 9.47 Å². The van der Waals surface area contributed by atoms with E-state index in [9.17, 15) is 0 Å². The van der Waals surface area contributed by atoms with Crippen LogP contribution in [0.15, 0.2) is 54.9 Å². The third kappa shape index (κ3) is 3.55. The Labute approximate surface area is 168 Å². The molecule has 3 aromatic rings. The van der Waals surface area contributed by atoms with Gasteiger partial charge in [0.15, 0.2) is 11.5 Å². The molecule has 0 aliphatic carbocycles. The van der Waals surface area contributed by atoms with Gasteiger partial charge in [0.05, 0.1) is 5.69 Å². The van der Waals surface area contributed by atoms with E-state index in [1.807, 2.05) is 42.7 Å². The number of hydrogen-bond acceptors (Lipinski definition) is 5. The summed E-state index contributed by atoms with van der Waals surface area (Å²) in [6.07, 6.45) is 4.91. The molecule has 28 heavy (non-hydrogen) atoms. The van der Waals surface area contributed by atoms with Crippen molar-refractivity contribution in [2.75, 3.05) is 19.9 Å². The summed E-state index contributed by atoms with van der Waals surface area (Å²) < 4.78 is 10.9. The first kappa shape index (κ1) is 17.5. The Balaban J connectivity index is 1.31. The number of halogens is 1. The minimum atomic E-state index is 0.285. The van der Waals surface area contributed by atoms with Crippen molar-refractivity contribution in [2.45, 2.75) is 18.9 Å². The Kier molecular flexibility index (Phi) is 4.63. The number of fused-ring (bicyclic) bond motifs is 1. The molecule has 2 aliphatic heterocycles. The lowest BCUT2D eigenvalue weighted by atomic mass is 9.97. The van der Waals surface area contributed by atoms with Gasteiger partial charge in [-0.1, -0.05) is 17.7 Å². The van der Waals surface area contributed by atoms with Crippen molar-refractivity contribution < 1.29 is 9.47 Å². The van der Waals surface area contributed by atoms with E-state index < -0.39 is 0 Å². The van der Waals surface area contributed by atoms with Crippen LogP contribution in [0.3, 0.4) is 0 Å². The molecule has 0 amide bonds. The Morgan fingerprint density at radius 1 is 1.04 bits per heavy atom. The van der Waals surface area contributed by atoms with Gasteiger partial charge in [-0.25, -0.2) is 4.98 Å². The molecule has 1 aromatic carbocycles. The number of rotatable bonds is 4. The van der Waals surface area contributed by atoms with Crippen LogP contribution in [-0.2, 0) is 6.54 Å². The first-order chi connectivity index (χ1) is 13.7. The molecule has 2 aromatic heterocycles. The van der Waals surface area contributed by atoms with Gasteiger partial charge in [0.25, 0.3) is 0 Å². The fourth-order valence-electron chi connectivity index (χ4n) is 3.92. The second-order valence-electron chi connectivity index (χ2n) is 7.25. The first-order valence-electron chi connectivity index (χ1n) is 9.43. The molecule has 1 unspecified atom stereocenters. The average Bonchev–Trinajstić information content (AvgIpc) is 3.39. The SMILES string of the molecule is Clc1ccc(CN2CCC(c3ccnc(-c4ccc5c(c4)OCO5)c3)C2)cn1. The van der Waals surface area contributed by atoms with Crippen LogP contribution in [0.5, 0.6) is 11.5 Å². The minimum absolute atomic E-state index is 0.285. The van der Waals surface area contributed by atoms with Crippen molar-refractivity contribution in [1.82, 2.24) is 14.9 Å². The molecule has 0 spiro atoms. The third-order valence-electron chi connectivity index (χ3n) is 5.39. The molecule has 0 bridgehead atoms. The van der Waals surface area contributed by atoms with Gasteiger partial charge in [-0.3, -0.25) is 9.88 Å². The third-order valence-corrected chi connectivity index (χ3v) is 5.61. The molecule has 0 N–H and O–H groups in total. The van der Waals surface area contributed by atoms with Gasteiger partial charge >= 0.3 is 0 Å². The highest BCUT2D eigenvalue weighted by molar-refractivity contribution is 6.29. The normalized spacial score (nSPS) is 18.5. The van der Waals surface area contributed by atoms with E-state index in [0.29, 0.717) is 11.1 Å². The van der Waals surface area contributed by atoms with Crippen LogP contribution >= 0.6 is 11.6 Å². The molecule has 1 atom stereocenters. The number of hydrogen-bond donors (Lipinski definition) is 0.